The Morgan fingerprint density at radius 3 is 2.80 bits per heavy atom. The van der Waals surface area contributed by atoms with Gasteiger partial charge >= 0.3 is 0 Å². The molecule has 5 nitrogen and oxygen atoms in total. The topological polar surface area (TPSA) is 72.2 Å². The maximum absolute atomic E-state index is 10.9. The number of aliphatic hydroxyl groups is 1. The summed E-state index contributed by atoms with van der Waals surface area (Å²) in [6.45, 7) is 2.73. The molecule has 0 radical (unpaired) electrons. The van der Waals surface area contributed by atoms with E-state index in [2.05, 4.69) is 4.98 Å². The number of imidazole rings is 1. The van der Waals surface area contributed by atoms with E-state index in [1.807, 2.05) is 17.7 Å². The van der Waals surface area contributed by atoms with Crippen molar-refractivity contribution >= 4 is 9.84 Å². The van der Waals surface area contributed by atoms with Crippen LogP contribution in [0.15, 0.2) is 12.4 Å². The third-order valence-electron chi connectivity index (χ3n) is 2.06. The predicted molar refractivity (Wildman–Crippen MR) is 57.3 cm³/mol. The van der Waals surface area contributed by atoms with E-state index < -0.39 is 15.9 Å². The number of hydrogen-bond acceptors (Lipinski definition) is 4. The van der Waals surface area contributed by atoms with Crippen molar-refractivity contribution in [1.29, 1.82) is 0 Å². The van der Waals surface area contributed by atoms with E-state index in [9.17, 15) is 13.5 Å². The maximum Gasteiger partial charge on any atom is 0.150 e. The molecule has 1 aromatic heterocycles. The molecule has 0 amide bonds. The number of nitrogens with zero attached hydrogens (tertiary/aromatic N) is 2. The fourth-order valence-electron chi connectivity index (χ4n) is 1.44. The second-order valence-electron chi connectivity index (χ2n) is 3.58. The van der Waals surface area contributed by atoms with Crippen LogP contribution in [-0.4, -0.2) is 41.2 Å². The van der Waals surface area contributed by atoms with Crippen molar-refractivity contribution in [2.75, 3.05) is 12.0 Å². The lowest BCUT2D eigenvalue weighted by molar-refractivity contribution is 0.194. The highest BCUT2D eigenvalue weighted by Gasteiger charge is 2.15. The Morgan fingerprint density at radius 2 is 2.27 bits per heavy atom. The van der Waals surface area contributed by atoms with E-state index in [4.69, 9.17) is 0 Å². The third-order valence-corrected chi connectivity index (χ3v) is 3.05. The minimum atomic E-state index is -3.13. The number of rotatable bonds is 5. The zero-order valence-corrected chi connectivity index (χ0v) is 9.74. The summed E-state index contributed by atoms with van der Waals surface area (Å²) in [4.78, 5) is 4.07. The van der Waals surface area contributed by atoms with Gasteiger partial charge in [-0.15, -0.1) is 0 Å². The van der Waals surface area contributed by atoms with Crippen molar-refractivity contribution < 1.29 is 13.5 Å². The lowest BCUT2D eigenvalue weighted by atomic mass is 10.3. The van der Waals surface area contributed by atoms with Gasteiger partial charge in [-0.3, -0.25) is 0 Å². The molecular weight excluding hydrogens is 216 g/mol. The molecule has 15 heavy (non-hydrogen) atoms. The van der Waals surface area contributed by atoms with Crippen LogP contribution in [0.2, 0.25) is 0 Å². The molecule has 0 aromatic carbocycles. The standard InChI is InChI=1S/C9H16N2O3S/c1-3-11-5-4-10-9(11)6-8(12)7-15(2,13)14/h4-5,8,12H,3,6-7H2,1-2H3. The van der Waals surface area contributed by atoms with E-state index in [0.717, 1.165) is 12.8 Å². The molecule has 1 unspecified atom stereocenters. The van der Waals surface area contributed by atoms with Crippen LogP contribution >= 0.6 is 0 Å². The summed E-state index contributed by atoms with van der Waals surface area (Å²) in [6, 6.07) is 0. The summed E-state index contributed by atoms with van der Waals surface area (Å²) in [5, 5.41) is 9.54. The van der Waals surface area contributed by atoms with Gasteiger partial charge in [0.15, 0.2) is 0 Å². The number of sulfone groups is 1. The lowest BCUT2D eigenvalue weighted by Gasteiger charge is -2.09. The summed E-state index contributed by atoms with van der Waals surface area (Å²) >= 11 is 0. The summed E-state index contributed by atoms with van der Waals surface area (Å²) in [7, 11) is -3.13. The molecule has 0 saturated heterocycles. The molecule has 1 atom stereocenters. The fourth-order valence-corrected chi connectivity index (χ4v) is 2.25. The van der Waals surface area contributed by atoms with Crippen LogP contribution in [0.1, 0.15) is 12.7 Å². The molecule has 0 aliphatic rings. The average molecular weight is 232 g/mol. The van der Waals surface area contributed by atoms with Crippen LogP contribution < -0.4 is 0 Å². The first kappa shape index (κ1) is 12.2. The Bertz CT molecular complexity index is 411. The highest BCUT2D eigenvalue weighted by Crippen LogP contribution is 2.03. The molecule has 1 N–H and O–H groups in total. The SMILES string of the molecule is CCn1ccnc1CC(O)CS(C)(=O)=O. The summed E-state index contributed by atoms with van der Waals surface area (Å²) in [5.41, 5.74) is 0. The number of aryl methyl sites for hydroxylation is 1. The van der Waals surface area contributed by atoms with Crippen molar-refractivity contribution in [3.8, 4) is 0 Å². The minimum absolute atomic E-state index is 0.219. The first-order valence-corrected chi connectivity index (χ1v) is 6.84. The zero-order valence-electron chi connectivity index (χ0n) is 8.92. The highest BCUT2D eigenvalue weighted by molar-refractivity contribution is 7.90. The van der Waals surface area contributed by atoms with Gasteiger partial charge in [0, 0.05) is 31.6 Å². The summed E-state index contributed by atoms with van der Waals surface area (Å²) in [5.74, 6) is 0.498. The monoisotopic (exact) mass is 232 g/mol. The number of hydrogen-bond donors (Lipinski definition) is 1. The van der Waals surface area contributed by atoms with Crippen LogP contribution in [0.4, 0.5) is 0 Å². The van der Waals surface area contributed by atoms with E-state index in [0.29, 0.717) is 5.82 Å². The second kappa shape index (κ2) is 4.76. The van der Waals surface area contributed by atoms with Gasteiger partial charge in [-0.2, -0.15) is 0 Å². The van der Waals surface area contributed by atoms with Gasteiger partial charge in [0.05, 0.1) is 11.9 Å². The Labute approximate surface area is 89.7 Å². The first-order valence-electron chi connectivity index (χ1n) is 4.78. The van der Waals surface area contributed by atoms with Crippen LogP contribution in [0.3, 0.4) is 0 Å². The number of aliphatic hydroxyl groups excluding tert-OH is 1. The third kappa shape index (κ3) is 4.01. The van der Waals surface area contributed by atoms with E-state index in [1.54, 1.807) is 6.20 Å². The Morgan fingerprint density at radius 1 is 1.60 bits per heavy atom. The average Bonchev–Trinajstić information content (AvgIpc) is 2.48. The summed E-state index contributed by atoms with van der Waals surface area (Å²) < 4.78 is 23.8. The molecule has 0 saturated carbocycles. The lowest BCUT2D eigenvalue weighted by Crippen LogP contribution is -2.23. The van der Waals surface area contributed by atoms with E-state index in [1.165, 1.54) is 0 Å². The largest absolute Gasteiger partial charge is 0.392 e. The number of aromatic nitrogens is 2. The molecule has 1 aromatic rings. The van der Waals surface area contributed by atoms with Crippen molar-refractivity contribution in [3.05, 3.63) is 18.2 Å². The molecule has 6 heteroatoms. The quantitative estimate of drug-likeness (QED) is 0.766. The van der Waals surface area contributed by atoms with Gasteiger partial charge in [0.25, 0.3) is 0 Å². The van der Waals surface area contributed by atoms with Gasteiger partial charge in [-0.1, -0.05) is 0 Å². The Kier molecular flexibility index (Phi) is 3.87. The first-order chi connectivity index (χ1) is 6.92. The van der Waals surface area contributed by atoms with Crippen molar-refractivity contribution in [3.63, 3.8) is 0 Å². The minimum Gasteiger partial charge on any atom is -0.392 e. The molecular formula is C9H16N2O3S. The molecule has 86 valence electrons. The molecule has 0 aliphatic carbocycles. The van der Waals surface area contributed by atoms with Crippen molar-refractivity contribution in [2.24, 2.45) is 0 Å². The van der Waals surface area contributed by atoms with Crippen molar-refractivity contribution in [2.45, 2.75) is 26.0 Å². The molecule has 0 bridgehead atoms. The van der Waals surface area contributed by atoms with Gasteiger partial charge in [0.2, 0.25) is 0 Å². The normalized spacial score (nSPS) is 14.1. The van der Waals surface area contributed by atoms with Crippen molar-refractivity contribution in [1.82, 2.24) is 9.55 Å². The highest BCUT2D eigenvalue weighted by atomic mass is 32.2. The van der Waals surface area contributed by atoms with Crippen LogP contribution in [0.25, 0.3) is 0 Å². The van der Waals surface area contributed by atoms with Gasteiger partial charge < -0.3 is 9.67 Å². The second-order valence-corrected chi connectivity index (χ2v) is 5.76. The Hall–Kier alpha value is -0.880. The van der Waals surface area contributed by atoms with Gasteiger partial charge in [-0.05, 0) is 6.92 Å². The smallest absolute Gasteiger partial charge is 0.150 e. The van der Waals surface area contributed by atoms with Gasteiger partial charge in [0.1, 0.15) is 15.7 Å². The van der Waals surface area contributed by atoms with Gasteiger partial charge in [-0.25, -0.2) is 13.4 Å². The molecule has 1 heterocycles. The summed E-state index contributed by atoms with van der Waals surface area (Å²) in [6.07, 6.45) is 3.96. The molecule has 0 aliphatic heterocycles. The van der Waals surface area contributed by atoms with Crippen LogP contribution in [-0.2, 0) is 22.8 Å². The molecule has 1 rings (SSSR count). The fraction of sp³-hybridized carbons (Fsp3) is 0.667. The van der Waals surface area contributed by atoms with Crippen LogP contribution in [0.5, 0.6) is 0 Å². The van der Waals surface area contributed by atoms with E-state index in [-0.39, 0.29) is 12.2 Å². The molecule has 0 spiro atoms. The van der Waals surface area contributed by atoms with Crippen LogP contribution in [0, 0.1) is 0 Å². The predicted octanol–water partition coefficient (Wildman–Crippen LogP) is -0.149. The maximum atomic E-state index is 10.9. The molecule has 0 fully saturated rings. The zero-order chi connectivity index (χ0) is 11.5. The Balaban J connectivity index is 2.62. The van der Waals surface area contributed by atoms with E-state index >= 15 is 0 Å².